The van der Waals surface area contributed by atoms with Gasteiger partial charge in [0.05, 0.1) is 12.7 Å². The van der Waals surface area contributed by atoms with E-state index < -0.39 is 0 Å². The first-order chi connectivity index (χ1) is 8.28. The summed E-state index contributed by atoms with van der Waals surface area (Å²) in [6.07, 6.45) is 0. The SMILES string of the molecule is COc1cc2c(cc1-c1cc(N)no1)OCO2. The van der Waals surface area contributed by atoms with E-state index in [4.69, 9.17) is 24.5 Å². The third kappa shape index (κ3) is 1.54. The number of nitrogens with two attached hydrogens (primary N) is 1. The van der Waals surface area contributed by atoms with Crippen molar-refractivity contribution in [3.05, 3.63) is 18.2 Å². The Kier molecular flexibility index (Phi) is 2.07. The minimum atomic E-state index is 0.209. The maximum Gasteiger partial charge on any atom is 0.231 e. The second-order valence-electron chi connectivity index (χ2n) is 3.52. The molecule has 0 unspecified atom stereocenters. The molecule has 6 heteroatoms. The minimum absolute atomic E-state index is 0.209. The highest BCUT2D eigenvalue weighted by molar-refractivity contribution is 5.72. The van der Waals surface area contributed by atoms with E-state index in [1.807, 2.05) is 0 Å². The molecule has 1 aliphatic rings. The summed E-state index contributed by atoms with van der Waals surface area (Å²) in [5, 5.41) is 3.64. The van der Waals surface area contributed by atoms with Gasteiger partial charge in [0.25, 0.3) is 0 Å². The number of benzene rings is 1. The first-order valence-corrected chi connectivity index (χ1v) is 4.98. The molecule has 0 spiro atoms. The standard InChI is InChI=1S/C11H10N2O4/c1-14-7-3-10-9(15-5-16-10)2-6(7)8-4-11(12)13-17-8/h2-4H,5H2,1H3,(H2,12,13). The minimum Gasteiger partial charge on any atom is -0.496 e. The molecule has 2 N–H and O–H groups in total. The van der Waals surface area contributed by atoms with E-state index in [2.05, 4.69) is 5.16 Å². The monoisotopic (exact) mass is 234 g/mol. The molecule has 0 amide bonds. The molecule has 0 bridgehead atoms. The number of ether oxygens (including phenoxy) is 3. The largest absolute Gasteiger partial charge is 0.496 e. The van der Waals surface area contributed by atoms with E-state index in [1.54, 1.807) is 25.3 Å². The highest BCUT2D eigenvalue weighted by atomic mass is 16.7. The van der Waals surface area contributed by atoms with Gasteiger partial charge in [-0.25, -0.2) is 0 Å². The highest BCUT2D eigenvalue weighted by Crippen LogP contribution is 2.42. The molecule has 2 aromatic rings. The molecule has 17 heavy (non-hydrogen) atoms. The lowest BCUT2D eigenvalue weighted by Gasteiger charge is -2.06. The summed E-state index contributed by atoms with van der Waals surface area (Å²) in [7, 11) is 1.57. The Bertz CT molecular complexity index is 565. The molecule has 3 rings (SSSR count). The molecule has 0 radical (unpaired) electrons. The predicted octanol–water partition coefficient (Wildman–Crippen LogP) is 1.66. The van der Waals surface area contributed by atoms with Crippen molar-refractivity contribution in [2.75, 3.05) is 19.6 Å². The van der Waals surface area contributed by atoms with Crippen LogP contribution in [0.2, 0.25) is 0 Å². The number of nitrogen functional groups attached to an aromatic ring is 1. The molecular formula is C11H10N2O4. The maximum atomic E-state index is 5.52. The summed E-state index contributed by atoms with van der Waals surface area (Å²) < 4.78 is 20.9. The van der Waals surface area contributed by atoms with Crippen LogP contribution in [0.5, 0.6) is 17.2 Å². The zero-order valence-electron chi connectivity index (χ0n) is 9.10. The molecule has 0 fully saturated rings. The van der Waals surface area contributed by atoms with Crippen molar-refractivity contribution >= 4 is 5.82 Å². The van der Waals surface area contributed by atoms with Crippen molar-refractivity contribution in [3.8, 4) is 28.6 Å². The second kappa shape index (κ2) is 3.58. The van der Waals surface area contributed by atoms with Gasteiger partial charge >= 0.3 is 0 Å². The number of aromatic nitrogens is 1. The average molecular weight is 234 g/mol. The molecule has 1 aromatic heterocycles. The van der Waals surface area contributed by atoms with Crippen LogP contribution in [0.4, 0.5) is 5.82 Å². The maximum absolute atomic E-state index is 5.52. The van der Waals surface area contributed by atoms with Crippen molar-refractivity contribution in [2.45, 2.75) is 0 Å². The van der Waals surface area contributed by atoms with Crippen LogP contribution >= 0.6 is 0 Å². The smallest absolute Gasteiger partial charge is 0.231 e. The van der Waals surface area contributed by atoms with Crippen molar-refractivity contribution < 1.29 is 18.7 Å². The molecule has 0 atom stereocenters. The summed E-state index contributed by atoms with van der Waals surface area (Å²) >= 11 is 0. The van der Waals surface area contributed by atoms with Crippen molar-refractivity contribution in [2.24, 2.45) is 0 Å². The fourth-order valence-electron chi connectivity index (χ4n) is 1.70. The predicted molar refractivity (Wildman–Crippen MR) is 59.0 cm³/mol. The summed E-state index contributed by atoms with van der Waals surface area (Å²) in [5.41, 5.74) is 6.24. The van der Waals surface area contributed by atoms with Gasteiger partial charge in [0.2, 0.25) is 6.79 Å². The van der Waals surface area contributed by atoms with Crippen molar-refractivity contribution in [1.29, 1.82) is 0 Å². The fraction of sp³-hybridized carbons (Fsp3) is 0.182. The number of anilines is 1. The summed E-state index contributed by atoms with van der Waals surface area (Å²) in [6.45, 7) is 0.209. The fourth-order valence-corrected chi connectivity index (χ4v) is 1.70. The first kappa shape index (κ1) is 9.83. The number of hydrogen-bond donors (Lipinski definition) is 1. The van der Waals surface area contributed by atoms with Crippen molar-refractivity contribution in [3.63, 3.8) is 0 Å². The molecule has 0 saturated heterocycles. The van der Waals surface area contributed by atoms with Gasteiger partial charge < -0.3 is 24.5 Å². The quantitative estimate of drug-likeness (QED) is 0.851. The van der Waals surface area contributed by atoms with E-state index >= 15 is 0 Å². The number of rotatable bonds is 2. The summed E-state index contributed by atoms with van der Waals surface area (Å²) in [5.74, 6) is 2.76. The second-order valence-corrected chi connectivity index (χ2v) is 3.52. The molecule has 0 saturated carbocycles. The Balaban J connectivity index is 2.15. The van der Waals surface area contributed by atoms with Crippen LogP contribution in [0.1, 0.15) is 0 Å². The number of hydrogen-bond acceptors (Lipinski definition) is 6. The zero-order chi connectivity index (χ0) is 11.8. The zero-order valence-corrected chi connectivity index (χ0v) is 9.10. The van der Waals surface area contributed by atoms with Crippen LogP contribution in [0.3, 0.4) is 0 Å². The molecule has 2 heterocycles. The Morgan fingerprint density at radius 3 is 2.65 bits per heavy atom. The van der Waals surface area contributed by atoms with Crippen LogP contribution < -0.4 is 19.9 Å². The summed E-state index contributed by atoms with van der Waals surface area (Å²) in [4.78, 5) is 0. The lowest BCUT2D eigenvalue weighted by Crippen LogP contribution is -1.92. The molecule has 1 aromatic carbocycles. The van der Waals surface area contributed by atoms with Gasteiger partial charge in [-0.2, -0.15) is 0 Å². The van der Waals surface area contributed by atoms with Gasteiger partial charge in [-0.1, -0.05) is 5.16 Å². The lowest BCUT2D eigenvalue weighted by molar-refractivity contribution is 0.174. The molecule has 88 valence electrons. The van der Waals surface area contributed by atoms with Gasteiger partial charge in [0, 0.05) is 12.1 Å². The van der Waals surface area contributed by atoms with E-state index in [1.165, 1.54) is 0 Å². The molecule has 1 aliphatic heterocycles. The average Bonchev–Trinajstić information content (AvgIpc) is 2.94. The van der Waals surface area contributed by atoms with Gasteiger partial charge in [-0.15, -0.1) is 0 Å². The number of methoxy groups -OCH3 is 1. The highest BCUT2D eigenvalue weighted by Gasteiger charge is 2.20. The van der Waals surface area contributed by atoms with Crippen LogP contribution in [-0.2, 0) is 0 Å². The Morgan fingerprint density at radius 1 is 1.24 bits per heavy atom. The molecule has 0 aliphatic carbocycles. The normalized spacial score (nSPS) is 12.8. The van der Waals surface area contributed by atoms with E-state index in [0.717, 1.165) is 5.56 Å². The van der Waals surface area contributed by atoms with E-state index in [0.29, 0.717) is 28.8 Å². The van der Waals surface area contributed by atoms with Crippen LogP contribution in [0.15, 0.2) is 22.7 Å². The van der Waals surface area contributed by atoms with Gasteiger partial charge in [-0.3, -0.25) is 0 Å². The van der Waals surface area contributed by atoms with Crippen LogP contribution in [0, 0.1) is 0 Å². The van der Waals surface area contributed by atoms with Gasteiger partial charge in [0.15, 0.2) is 23.1 Å². The van der Waals surface area contributed by atoms with Gasteiger partial charge in [-0.05, 0) is 6.07 Å². The first-order valence-electron chi connectivity index (χ1n) is 4.98. The third-order valence-corrected chi connectivity index (χ3v) is 2.49. The van der Waals surface area contributed by atoms with Crippen LogP contribution in [-0.4, -0.2) is 19.1 Å². The molecule has 6 nitrogen and oxygen atoms in total. The Hall–Kier alpha value is -2.37. The van der Waals surface area contributed by atoms with E-state index in [9.17, 15) is 0 Å². The van der Waals surface area contributed by atoms with Crippen molar-refractivity contribution in [1.82, 2.24) is 5.16 Å². The Labute approximate surface area is 96.9 Å². The van der Waals surface area contributed by atoms with Gasteiger partial charge in [0.1, 0.15) is 5.75 Å². The lowest BCUT2D eigenvalue weighted by atomic mass is 10.1. The number of fused-ring (bicyclic) bond motifs is 1. The Morgan fingerprint density at radius 2 is 2.00 bits per heavy atom. The topological polar surface area (TPSA) is 79.7 Å². The number of nitrogens with zero attached hydrogens (tertiary/aromatic N) is 1. The van der Waals surface area contributed by atoms with Crippen LogP contribution in [0.25, 0.3) is 11.3 Å². The van der Waals surface area contributed by atoms with E-state index in [-0.39, 0.29) is 6.79 Å². The molecular weight excluding hydrogens is 224 g/mol. The third-order valence-electron chi connectivity index (χ3n) is 2.49. The summed E-state index contributed by atoms with van der Waals surface area (Å²) in [6, 6.07) is 5.15.